The molecular formula is C42H34ClF10N7O5S2. The maximum atomic E-state index is 15.7. The van der Waals surface area contributed by atoms with Crippen LogP contribution in [0.3, 0.4) is 0 Å². The van der Waals surface area contributed by atoms with Gasteiger partial charge in [0, 0.05) is 41.1 Å². The highest BCUT2D eigenvalue weighted by molar-refractivity contribution is 7.92. The van der Waals surface area contributed by atoms with E-state index in [1.165, 1.54) is 32.0 Å². The van der Waals surface area contributed by atoms with Crippen molar-refractivity contribution in [1.82, 2.24) is 29.9 Å². The lowest BCUT2D eigenvalue weighted by Gasteiger charge is -2.27. The van der Waals surface area contributed by atoms with Crippen LogP contribution in [0.1, 0.15) is 59.7 Å². The fourth-order valence-electron chi connectivity index (χ4n) is 7.78. The number of benzene rings is 2. The molecule has 3 heterocycles. The largest absolute Gasteiger partial charge is 0.435 e. The van der Waals surface area contributed by atoms with E-state index in [4.69, 9.17) is 11.6 Å². The van der Waals surface area contributed by atoms with Gasteiger partial charge < -0.3 is 5.32 Å². The van der Waals surface area contributed by atoms with E-state index in [1.54, 1.807) is 0 Å². The van der Waals surface area contributed by atoms with Gasteiger partial charge in [0.15, 0.2) is 21.3 Å². The van der Waals surface area contributed by atoms with Gasteiger partial charge in [0.05, 0.1) is 39.8 Å². The van der Waals surface area contributed by atoms with E-state index in [2.05, 4.69) is 38.9 Å². The molecule has 0 spiro atoms. The normalized spacial score (nSPS) is 17.3. The van der Waals surface area contributed by atoms with Crippen molar-refractivity contribution in [3.8, 4) is 23.0 Å². The molecule has 2 aliphatic rings. The molecule has 1 N–H and O–H groups in total. The Labute approximate surface area is 380 Å². The lowest BCUT2D eigenvalue weighted by Crippen LogP contribution is -2.36. The van der Waals surface area contributed by atoms with Crippen LogP contribution in [-0.4, -0.2) is 70.7 Å². The van der Waals surface area contributed by atoms with Crippen molar-refractivity contribution in [1.29, 1.82) is 0 Å². The summed E-state index contributed by atoms with van der Waals surface area (Å²) in [6.07, 6.45) is -6.38. The molecule has 0 saturated carbocycles. The highest BCUT2D eigenvalue weighted by atomic mass is 35.5. The van der Waals surface area contributed by atoms with Crippen LogP contribution in [0.5, 0.6) is 0 Å². The van der Waals surface area contributed by atoms with E-state index in [9.17, 15) is 56.8 Å². The predicted octanol–water partition coefficient (Wildman–Crippen LogP) is 8.37. The molecule has 3 atom stereocenters. The molecule has 0 bridgehead atoms. The van der Waals surface area contributed by atoms with Crippen molar-refractivity contribution >= 4 is 54.1 Å². The average Bonchev–Trinajstić information content (AvgIpc) is 3.75. The number of alkyl halides is 8. The summed E-state index contributed by atoms with van der Waals surface area (Å²) in [6, 6.07) is 5.18. The molecule has 0 saturated heterocycles. The Kier molecular flexibility index (Phi) is 12.2. The number of anilines is 1. The van der Waals surface area contributed by atoms with E-state index >= 15 is 8.78 Å². The summed E-state index contributed by atoms with van der Waals surface area (Å²) in [6.45, 7) is 2.81. The topological polar surface area (TPSA) is 149 Å². The number of sulfonamides is 1. The standard InChI is InChI=1S/C42H34ClF10N7O5S2/c1-6-60(67(5,64)65)38-33-29(43)12-10-26(35(33)59(57-38)20-40(46,47)48)25-8-7-24(13-14-39(2,3)66(4,62)63)54-34(25)30(17-21-15-22(44)18-23(45)16-21)55-31(61)19-58-37-32(36(56-58)42(51,52)53)27-9-11-28(27)41(37,49)50/h6-12,15-16,18,27-28,30H,1,17,19-20H2,2-5H3,(H,55,61)/t27-,28+,30-/m0/s1. The van der Waals surface area contributed by atoms with Gasteiger partial charge >= 0.3 is 12.4 Å². The number of hydrogen-bond donors (Lipinski definition) is 1. The Bertz CT molecular complexity index is 3190. The number of amides is 1. The predicted molar refractivity (Wildman–Crippen MR) is 225 cm³/mol. The smallest absolute Gasteiger partial charge is 0.346 e. The minimum absolute atomic E-state index is 0.197. The van der Waals surface area contributed by atoms with Gasteiger partial charge in [0.2, 0.25) is 15.9 Å². The summed E-state index contributed by atoms with van der Waals surface area (Å²) in [5.74, 6) is -5.98. The van der Waals surface area contributed by atoms with Crippen LogP contribution >= 0.6 is 11.6 Å². The minimum atomic E-state index is -5.23. The second kappa shape index (κ2) is 16.7. The van der Waals surface area contributed by atoms with Gasteiger partial charge in [-0.1, -0.05) is 42.3 Å². The number of halogens is 11. The van der Waals surface area contributed by atoms with Gasteiger partial charge in [-0.05, 0) is 62.1 Å². The first kappa shape index (κ1) is 49.0. The summed E-state index contributed by atoms with van der Waals surface area (Å²) in [4.78, 5) is 18.7. The summed E-state index contributed by atoms with van der Waals surface area (Å²) in [5, 5.41) is 9.11. The molecule has 2 aromatic carbocycles. The molecule has 0 unspecified atom stereocenters. The minimum Gasteiger partial charge on any atom is -0.346 e. The van der Waals surface area contributed by atoms with E-state index < -0.39 is 132 Å². The first-order valence-corrected chi connectivity index (χ1v) is 23.5. The lowest BCUT2D eigenvalue weighted by atomic mass is 9.81. The van der Waals surface area contributed by atoms with Crippen molar-refractivity contribution in [2.45, 2.75) is 68.3 Å². The third-order valence-electron chi connectivity index (χ3n) is 11.1. The van der Waals surface area contributed by atoms with Crippen LogP contribution in [0.2, 0.25) is 5.02 Å². The molecule has 0 aliphatic heterocycles. The van der Waals surface area contributed by atoms with Crippen molar-refractivity contribution < 1.29 is 65.5 Å². The van der Waals surface area contributed by atoms with Crippen LogP contribution in [0, 0.1) is 29.4 Å². The van der Waals surface area contributed by atoms with E-state index in [-0.39, 0.29) is 37.5 Å². The number of allylic oxidation sites excluding steroid dienone is 2. The molecule has 25 heteroatoms. The maximum Gasteiger partial charge on any atom is 0.435 e. The molecule has 0 fully saturated rings. The number of nitrogens with one attached hydrogen (secondary N) is 1. The van der Waals surface area contributed by atoms with Gasteiger partial charge in [0.1, 0.15) is 40.9 Å². The van der Waals surface area contributed by atoms with Gasteiger partial charge in [-0.25, -0.2) is 34.9 Å². The number of hydrogen-bond acceptors (Lipinski definition) is 8. The third-order valence-corrected chi connectivity index (χ3v) is 14.4. The zero-order valence-electron chi connectivity index (χ0n) is 35.0. The van der Waals surface area contributed by atoms with Crippen molar-refractivity contribution in [2.24, 2.45) is 5.92 Å². The first-order chi connectivity index (χ1) is 30.8. The summed E-state index contributed by atoms with van der Waals surface area (Å²) >= 11 is 6.56. The first-order valence-electron chi connectivity index (χ1n) is 19.4. The Morgan fingerprint density at radius 1 is 0.970 bits per heavy atom. The molecule has 0 radical (unpaired) electrons. The number of carbonyl (C=O) groups is 1. The van der Waals surface area contributed by atoms with Gasteiger partial charge in [0.25, 0.3) is 5.92 Å². The molecule has 5 aromatic rings. The molecule has 1 amide bonds. The SMILES string of the molecule is C=CN(c1nn(CC(F)(F)F)c2c(-c3ccc(C#CC(C)(C)S(C)(=O)=O)nc3[C@H](Cc3cc(F)cc(F)c3)NC(=O)Cn3nc(C(F)(F)F)c4c3C(F)(F)[C@@H]3C=C[C@H]43)ccc(Cl)c12)S(C)(=O)=O. The van der Waals surface area contributed by atoms with Crippen LogP contribution < -0.4 is 9.62 Å². The Balaban J connectivity index is 1.48. The molecule has 356 valence electrons. The number of sulfone groups is 1. The average molecular weight is 1010 g/mol. The molecule has 12 nitrogen and oxygen atoms in total. The van der Waals surface area contributed by atoms with Crippen LogP contribution in [0.15, 0.2) is 67.4 Å². The highest BCUT2D eigenvalue weighted by Gasteiger charge is 2.61. The van der Waals surface area contributed by atoms with Gasteiger partial charge in [-0.3, -0.25) is 14.2 Å². The van der Waals surface area contributed by atoms with Crippen LogP contribution in [-0.2, 0) is 56.3 Å². The Morgan fingerprint density at radius 2 is 1.61 bits per heavy atom. The van der Waals surface area contributed by atoms with Crippen LogP contribution in [0.25, 0.3) is 22.0 Å². The number of pyridine rings is 1. The van der Waals surface area contributed by atoms with Crippen molar-refractivity contribution in [3.63, 3.8) is 0 Å². The van der Waals surface area contributed by atoms with E-state index in [1.807, 2.05) is 0 Å². The number of aromatic nitrogens is 5. The second-order valence-electron chi connectivity index (χ2n) is 16.2. The quantitative estimate of drug-likeness (QED) is 0.0745. The van der Waals surface area contributed by atoms with Crippen molar-refractivity contribution in [3.05, 3.63) is 118 Å². The Morgan fingerprint density at radius 3 is 2.16 bits per heavy atom. The summed E-state index contributed by atoms with van der Waals surface area (Å²) < 4.78 is 197. The highest BCUT2D eigenvalue weighted by Crippen LogP contribution is 2.60. The zero-order chi connectivity index (χ0) is 49.6. The number of fused-ring (bicyclic) bond motifs is 4. The third kappa shape index (κ3) is 9.37. The monoisotopic (exact) mass is 1010 g/mol. The fraction of sp³-hybridized carbons (Fsp3) is 0.333. The molecule has 3 aromatic heterocycles. The van der Waals surface area contributed by atoms with E-state index in [0.29, 0.717) is 21.3 Å². The fourth-order valence-corrected chi connectivity index (χ4v) is 8.96. The lowest BCUT2D eigenvalue weighted by molar-refractivity contribution is -0.143. The van der Waals surface area contributed by atoms with Crippen molar-refractivity contribution in [2.75, 3.05) is 16.8 Å². The van der Waals surface area contributed by atoms with E-state index in [0.717, 1.165) is 42.8 Å². The maximum absolute atomic E-state index is 15.7. The molecular weight excluding hydrogens is 972 g/mol. The number of rotatable bonds is 12. The summed E-state index contributed by atoms with van der Waals surface area (Å²) in [5.41, 5.74) is -5.47. The zero-order valence-corrected chi connectivity index (χ0v) is 37.4. The second-order valence-corrected chi connectivity index (χ2v) is 21.1. The summed E-state index contributed by atoms with van der Waals surface area (Å²) in [7, 11) is -8.21. The Hall–Kier alpha value is -5.93. The van der Waals surface area contributed by atoms with Gasteiger partial charge in [-0.15, -0.1) is 0 Å². The molecule has 67 heavy (non-hydrogen) atoms. The van der Waals surface area contributed by atoms with Gasteiger partial charge in [-0.2, -0.15) is 45.3 Å². The van der Waals surface area contributed by atoms with Crippen LogP contribution in [0.4, 0.5) is 49.7 Å². The molecule has 2 aliphatic carbocycles. The number of carbonyl (C=O) groups excluding carboxylic acids is 1. The molecule has 7 rings (SSSR count). The number of nitrogens with zero attached hydrogens (tertiary/aromatic N) is 6.